The summed E-state index contributed by atoms with van der Waals surface area (Å²) in [6.07, 6.45) is 3.75. The Hall–Kier alpha value is -0.610. The van der Waals surface area contributed by atoms with E-state index in [9.17, 15) is 9.90 Å². The maximum atomic E-state index is 11.3. The third-order valence-electron chi connectivity index (χ3n) is 3.31. The van der Waals surface area contributed by atoms with Crippen molar-refractivity contribution in [2.45, 2.75) is 37.3 Å². The fraction of sp³-hybridized carbons (Fsp3) is 0.900. The normalized spacial score (nSPS) is 27.5. The van der Waals surface area contributed by atoms with Crippen LogP contribution in [-0.2, 0) is 4.79 Å². The molecule has 2 rings (SSSR count). The Labute approximate surface area is 84.3 Å². The van der Waals surface area contributed by atoms with Crippen LogP contribution in [0.25, 0.3) is 0 Å². The van der Waals surface area contributed by atoms with Gasteiger partial charge in [0.1, 0.15) is 5.54 Å². The lowest BCUT2D eigenvalue weighted by Crippen LogP contribution is -2.58. The van der Waals surface area contributed by atoms with Gasteiger partial charge < -0.3 is 10.0 Å². The van der Waals surface area contributed by atoms with E-state index in [-0.39, 0.29) is 0 Å². The number of carboxylic acid groups (broad SMARTS) is 1. The second-order valence-corrected chi connectivity index (χ2v) is 4.61. The van der Waals surface area contributed by atoms with E-state index in [0.717, 1.165) is 38.8 Å². The summed E-state index contributed by atoms with van der Waals surface area (Å²) in [6, 6.07) is 0.467. The van der Waals surface area contributed by atoms with E-state index >= 15 is 0 Å². The summed E-state index contributed by atoms with van der Waals surface area (Å²) in [5.74, 6) is -0.669. The summed E-state index contributed by atoms with van der Waals surface area (Å²) in [4.78, 5) is 13.5. The molecule has 0 aromatic rings. The lowest BCUT2D eigenvalue weighted by atomic mass is 9.87. The number of carboxylic acids is 1. The second-order valence-electron chi connectivity index (χ2n) is 4.61. The smallest absolute Gasteiger partial charge is 0.324 e. The highest BCUT2D eigenvalue weighted by atomic mass is 16.4. The summed E-state index contributed by atoms with van der Waals surface area (Å²) in [7, 11) is 2.04. The molecule has 1 aliphatic heterocycles. The molecule has 1 saturated carbocycles. The van der Waals surface area contributed by atoms with Crippen molar-refractivity contribution in [3.8, 4) is 0 Å². The Morgan fingerprint density at radius 2 is 2.00 bits per heavy atom. The minimum Gasteiger partial charge on any atom is -0.480 e. The molecule has 0 bridgehead atoms. The summed E-state index contributed by atoms with van der Waals surface area (Å²) >= 11 is 0. The van der Waals surface area contributed by atoms with Gasteiger partial charge in [0.25, 0.3) is 0 Å². The molecule has 4 heteroatoms. The van der Waals surface area contributed by atoms with Crippen LogP contribution in [0.3, 0.4) is 0 Å². The van der Waals surface area contributed by atoms with Crippen molar-refractivity contribution < 1.29 is 9.90 Å². The Bertz CT molecular complexity index is 230. The van der Waals surface area contributed by atoms with E-state index in [0.29, 0.717) is 6.04 Å². The van der Waals surface area contributed by atoms with Gasteiger partial charge in [-0.25, -0.2) is 0 Å². The summed E-state index contributed by atoms with van der Waals surface area (Å²) in [5.41, 5.74) is -0.631. The molecule has 0 aromatic carbocycles. The third kappa shape index (κ3) is 1.91. The van der Waals surface area contributed by atoms with Crippen LogP contribution < -0.4 is 5.32 Å². The molecule has 0 unspecified atom stereocenters. The van der Waals surface area contributed by atoms with Crippen molar-refractivity contribution in [3.05, 3.63) is 0 Å². The molecule has 0 radical (unpaired) electrons. The first kappa shape index (κ1) is 9.93. The number of hydrogen-bond donors (Lipinski definition) is 2. The van der Waals surface area contributed by atoms with Gasteiger partial charge in [-0.2, -0.15) is 0 Å². The van der Waals surface area contributed by atoms with Crippen LogP contribution in [0.2, 0.25) is 0 Å². The molecule has 14 heavy (non-hydrogen) atoms. The van der Waals surface area contributed by atoms with Crippen molar-refractivity contribution in [2.75, 3.05) is 20.1 Å². The van der Waals surface area contributed by atoms with Gasteiger partial charge in [-0.15, -0.1) is 0 Å². The molecule has 4 nitrogen and oxygen atoms in total. The van der Waals surface area contributed by atoms with E-state index in [1.54, 1.807) is 0 Å². The van der Waals surface area contributed by atoms with Crippen LogP contribution in [-0.4, -0.2) is 47.7 Å². The van der Waals surface area contributed by atoms with E-state index in [1.165, 1.54) is 0 Å². The summed E-state index contributed by atoms with van der Waals surface area (Å²) in [5, 5.41) is 12.6. The zero-order valence-corrected chi connectivity index (χ0v) is 8.62. The van der Waals surface area contributed by atoms with Gasteiger partial charge in [0.15, 0.2) is 0 Å². The van der Waals surface area contributed by atoms with Gasteiger partial charge in [0.05, 0.1) is 0 Å². The topological polar surface area (TPSA) is 52.6 Å². The minimum atomic E-state index is -0.669. The van der Waals surface area contributed by atoms with E-state index in [4.69, 9.17) is 0 Å². The summed E-state index contributed by atoms with van der Waals surface area (Å²) < 4.78 is 0. The minimum absolute atomic E-state index is 0.467. The van der Waals surface area contributed by atoms with Crippen LogP contribution in [0.1, 0.15) is 25.7 Å². The molecule has 2 aliphatic rings. The molecule has 0 amide bonds. The van der Waals surface area contributed by atoms with Gasteiger partial charge in [0, 0.05) is 19.1 Å². The van der Waals surface area contributed by atoms with Crippen LogP contribution in [0.4, 0.5) is 0 Å². The Morgan fingerprint density at radius 1 is 1.43 bits per heavy atom. The highest BCUT2D eigenvalue weighted by Gasteiger charge is 2.44. The Balaban J connectivity index is 2.01. The average Bonchev–Trinajstić information content (AvgIpc) is 2.93. The van der Waals surface area contributed by atoms with Crippen LogP contribution in [0.15, 0.2) is 0 Å². The van der Waals surface area contributed by atoms with Gasteiger partial charge in [-0.1, -0.05) is 0 Å². The predicted octanol–water partition coefficient (Wildman–Crippen LogP) is 0.287. The maximum Gasteiger partial charge on any atom is 0.324 e. The van der Waals surface area contributed by atoms with Crippen LogP contribution in [0, 0.1) is 0 Å². The quantitative estimate of drug-likeness (QED) is 0.684. The molecule has 1 aliphatic carbocycles. The number of carbonyl (C=O) groups is 1. The van der Waals surface area contributed by atoms with Crippen LogP contribution in [0.5, 0.6) is 0 Å². The molecular formula is C10H18N2O2. The second kappa shape index (κ2) is 3.51. The average molecular weight is 198 g/mol. The van der Waals surface area contributed by atoms with Crippen LogP contribution >= 0.6 is 0 Å². The fourth-order valence-electron chi connectivity index (χ4n) is 2.04. The Kier molecular flexibility index (Phi) is 2.49. The number of piperidine rings is 1. The van der Waals surface area contributed by atoms with Gasteiger partial charge in [-0.05, 0) is 32.7 Å². The van der Waals surface area contributed by atoms with Gasteiger partial charge in [-0.3, -0.25) is 10.1 Å². The third-order valence-corrected chi connectivity index (χ3v) is 3.31. The lowest BCUT2D eigenvalue weighted by molar-refractivity contribution is -0.147. The van der Waals surface area contributed by atoms with Gasteiger partial charge in [0.2, 0.25) is 0 Å². The molecule has 1 heterocycles. The maximum absolute atomic E-state index is 11.3. The number of nitrogens with one attached hydrogen (secondary N) is 1. The first-order chi connectivity index (χ1) is 6.62. The molecule has 0 aromatic heterocycles. The van der Waals surface area contributed by atoms with E-state index in [2.05, 4.69) is 10.2 Å². The predicted molar refractivity (Wildman–Crippen MR) is 53.3 cm³/mol. The van der Waals surface area contributed by atoms with Crippen molar-refractivity contribution >= 4 is 5.97 Å². The molecule has 0 atom stereocenters. The number of nitrogens with zero attached hydrogens (tertiary/aromatic N) is 1. The number of hydrogen-bond acceptors (Lipinski definition) is 3. The lowest BCUT2D eigenvalue weighted by Gasteiger charge is -2.38. The van der Waals surface area contributed by atoms with Crippen molar-refractivity contribution in [3.63, 3.8) is 0 Å². The van der Waals surface area contributed by atoms with Crippen molar-refractivity contribution in [1.82, 2.24) is 10.2 Å². The molecular weight excluding hydrogens is 180 g/mol. The SMILES string of the molecule is CN1CCC(NC2CC2)(C(=O)O)CC1. The monoisotopic (exact) mass is 198 g/mol. The van der Waals surface area contributed by atoms with E-state index in [1.807, 2.05) is 7.05 Å². The van der Waals surface area contributed by atoms with Gasteiger partial charge >= 0.3 is 5.97 Å². The first-order valence-electron chi connectivity index (χ1n) is 5.32. The number of rotatable bonds is 3. The molecule has 2 fully saturated rings. The van der Waals surface area contributed by atoms with E-state index < -0.39 is 11.5 Å². The Morgan fingerprint density at radius 3 is 2.43 bits per heavy atom. The number of likely N-dealkylation sites (tertiary alicyclic amines) is 1. The standard InChI is InChI=1S/C10H18N2O2/c1-12-6-4-10(5-7-12,9(13)14)11-8-2-3-8/h8,11H,2-7H2,1H3,(H,13,14). The van der Waals surface area contributed by atoms with Crippen molar-refractivity contribution in [1.29, 1.82) is 0 Å². The molecule has 1 saturated heterocycles. The molecule has 0 spiro atoms. The van der Waals surface area contributed by atoms with Crippen molar-refractivity contribution in [2.24, 2.45) is 0 Å². The highest BCUT2D eigenvalue weighted by Crippen LogP contribution is 2.28. The fourth-order valence-corrected chi connectivity index (χ4v) is 2.04. The highest BCUT2D eigenvalue weighted by molar-refractivity contribution is 5.79. The first-order valence-corrected chi connectivity index (χ1v) is 5.32. The zero-order valence-electron chi connectivity index (χ0n) is 8.62. The number of aliphatic carboxylic acids is 1. The molecule has 2 N–H and O–H groups in total. The zero-order chi connectivity index (χ0) is 10.2. The largest absolute Gasteiger partial charge is 0.480 e. The summed E-state index contributed by atoms with van der Waals surface area (Å²) in [6.45, 7) is 1.76. The molecule has 80 valence electrons.